The van der Waals surface area contributed by atoms with Crippen molar-refractivity contribution < 1.29 is 19.2 Å². The van der Waals surface area contributed by atoms with E-state index in [1.54, 1.807) is 25.2 Å². The van der Waals surface area contributed by atoms with E-state index in [0.717, 1.165) is 11.4 Å². The van der Waals surface area contributed by atoms with Gasteiger partial charge in [0.15, 0.2) is 6.54 Å². The van der Waals surface area contributed by atoms with Crippen LogP contribution in [0.3, 0.4) is 0 Å². The van der Waals surface area contributed by atoms with Crippen LogP contribution >= 0.6 is 11.6 Å². The number of nitrogens with zero attached hydrogens (tertiary/aromatic N) is 1. The van der Waals surface area contributed by atoms with Crippen LogP contribution in [0.4, 0.5) is 5.69 Å². The van der Waals surface area contributed by atoms with Gasteiger partial charge in [0.05, 0.1) is 26.4 Å². The summed E-state index contributed by atoms with van der Waals surface area (Å²) in [5.41, 5.74) is 2.89. The molecule has 7 heteroatoms. The van der Waals surface area contributed by atoms with Crippen LogP contribution in [0.5, 0.6) is 5.75 Å². The average molecular weight is 405 g/mol. The molecule has 0 heterocycles. The molecule has 0 bridgehead atoms. The summed E-state index contributed by atoms with van der Waals surface area (Å²) >= 11 is 5.97. The van der Waals surface area contributed by atoms with E-state index >= 15 is 0 Å². The van der Waals surface area contributed by atoms with Crippen LogP contribution in [0.2, 0.25) is 5.02 Å². The summed E-state index contributed by atoms with van der Waals surface area (Å²) in [5, 5.41) is 3.23. The van der Waals surface area contributed by atoms with E-state index in [0.29, 0.717) is 23.0 Å². The second kappa shape index (κ2) is 10.1. The zero-order valence-corrected chi connectivity index (χ0v) is 17.5. The van der Waals surface area contributed by atoms with E-state index in [9.17, 15) is 9.59 Å². The Hall–Kier alpha value is -2.57. The molecule has 0 aliphatic rings. The van der Waals surface area contributed by atoms with Gasteiger partial charge in [-0.3, -0.25) is 9.59 Å². The Bertz CT molecular complexity index is 841. The van der Waals surface area contributed by atoms with Crippen molar-refractivity contribution in [3.63, 3.8) is 0 Å². The minimum absolute atomic E-state index is 0.0495. The fraction of sp³-hybridized carbons (Fsp3) is 0.333. The molecular formula is C21H27ClN3O3+. The van der Waals surface area contributed by atoms with Crippen molar-refractivity contribution in [3.8, 4) is 5.75 Å². The molecule has 0 aromatic heterocycles. The quantitative estimate of drug-likeness (QED) is 0.704. The zero-order chi connectivity index (χ0) is 20.7. The number of carbonyl (C=O) groups excluding carboxylic acids is 2. The van der Waals surface area contributed by atoms with Crippen LogP contribution in [0.1, 0.15) is 11.1 Å². The molecule has 6 nitrogen and oxygen atoms in total. The van der Waals surface area contributed by atoms with E-state index in [2.05, 4.69) is 24.4 Å². The molecule has 0 spiro atoms. The molecule has 2 amide bonds. The first kappa shape index (κ1) is 21.7. The number of hydrogen-bond acceptors (Lipinski definition) is 3. The second-order valence-corrected chi connectivity index (χ2v) is 7.32. The van der Waals surface area contributed by atoms with Crippen LogP contribution in [-0.2, 0) is 16.1 Å². The molecule has 2 rings (SSSR count). The van der Waals surface area contributed by atoms with Crippen molar-refractivity contribution in [1.82, 2.24) is 4.90 Å². The lowest BCUT2D eigenvalue weighted by Gasteiger charge is -2.20. The molecule has 0 aliphatic heterocycles. The molecule has 0 saturated heterocycles. The van der Waals surface area contributed by atoms with Crippen LogP contribution in [0.25, 0.3) is 0 Å². The highest BCUT2D eigenvalue weighted by molar-refractivity contribution is 6.31. The van der Waals surface area contributed by atoms with Crippen LogP contribution in [0.15, 0.2) is 42.5 Å². The maximum atomic E-state index is 12.5. The first-order valence-corrected chi connectivity index (χ1v) is 9.41. The van der Waals surface area contributed by atoms with E-state index < -0.39 is 0 Å². The summed E-state index contributed by atoms with van der Waals surface area (Å²) in [7, 11) is 5.11. The van der Waals surface area contributed by atoms with Gasteiger partial charge in [0.1, 0.15) is 12.3 Å². The number of aryl methyl sites for hydroxylation is 1. The number of carbonyl (C=O) groups is 2. The monoisotopic (exact) mass is 404 g/mol. The average Bonchev–Trinajstić information content (AvgIpc) is 2.63. The summed E-state index contributed by atoms with van der Waals surface area (Å²) in [6, 6.07) is 13.1. The third-order valence-corrected chi connectivity index (χ3v) is 4.68. The molecule has 2 aromatic rings. The van der Waals surface area contributed by atoms with Gasteiger partial charge in [-0.15, -0.1) is 0 Å². The first-order chi connectivity index (χ1) is 13.3. The number of rotatable bonds is 8. The van der Waals surface area contributed by atoms with Crippen LogP contribution in [-0.4, -0.2) is 51.0 Å². The molecule has 0 saturated carbocycles. The van der Waals surface area contributed by atoms with Gasteiger partial charge in [0, 0.05) is 17.6 Å². The Morgan fingerprint density at radius 1 is 1.21 bits per heavy atom. The van der Waals surface area contributed by atoms with Gasteiger partial charge in [-0.2, -0.15) is 0 Å². The fourth-order valence-corrected chi connectivity index (χ4v) is 3.03. The topological polar surface area (TPSA) is 63.1 Å². The van der Waals surface area contributed by atoms with E-state index in [1.165, 1.54) is 23.1 Å². The highest BCUT2D eigenvalue weighted by atomic mass is 35.5. The number of ether oxygens (including phenoxy) is 1. The summed E-state index contributed by atoms with van der Waals surface area (Å²) in [6.07, 6.45) is 0. The smallest absolute Gasteiger partial charge is 0.277 e. The molecule has 28 heavy (non-hydrogen) atoms. The van der Waals surface area contributed by atoms with Crippen molar-refractivity contribution in [3.05, 3.63) is 58.6 Å². The van der Waals surface area contributed by atoms with Crippen molar-refractivity contribution in [1.29, 1.82) is 0 Å². The van der Waals surface area contributed by atoms with Gasteiger partial charge in [0.2, 0.25) is 5.91 Å². The zero-order valence-electron chi connectivity index (χ0n) is 16.7. The predicted molar refractivity (Wildman–Crippen MR) is 111 cm³/mol. The molecule has 150 valence electrons. The SMILES string of the molecule is COc1ccc(Cl)cc1NC(=O)CN(C)C(=O)C[NH+](C)Cc1ccccc1C. The highest BCUT2D eigenvalue weighted by Crippen LogP contribution is 2.27. The second-order valence-electron chi connectivity index (χ2n) is 6.88. The van der Waals surface area contributed by atoms with Crippen molar-refractivity contribution in [2.24, 2.45) is 0 Å². The van der Waals surface area contributed by atoms with Crippen molar-refractivity contribution in [2.75, 3.05) is 39.6 Å². The van der Waals surface area contributed by atoms with E-state index in [-0.39, 0.29) is 18.4 Å². The van der Waals surface area contributed by atoms with Gasteiger partial charge >= 0.3 is 0 Å². The van der Waals surface area contributed by atoms with Gasteiger partial charge < -0.3 is 19.9 Å². The van der Waals surface area contributed by atoms with Crippen molar-refractivity contribution in [2.45, 2.75) is 13.5 Å². The number of amides is 2. The maximum Gasteiger partial charge on any atom is 0.277 e. The molecule has 0 radical (unpaired) electrons. The molecular weight excluding hydrogens is 378 g/mol. The maximum absolute atomic E-state index is 12.5. The minimum atomic E-state index is -0.312. The van der Waals surface area contributed by atoms with Gasteiger partial charge in [0.25, 0.3) is 5.91 Å². The molecule has 1 atom stereocenters. The largest absolute Gasteiger partial charge is 0.495 e. The van der Waals surface area contributed by atoms with E-state index in [4.69, 9.17) is 16.3 Å². The summed E-state index contributed by atoms with van der Waals surface area (Å²) < 4.78 is 5.22. The number of nitrogens with one attached hydrogen (secondary N) is 2. The van der Waals surface area contributed by atoms with Crippen molar-refractivity contribution >= 4 is 29.1 Å². The summed E-state index contributed by atoms with van der Waals surface area (Å²) in [6.45, 7) is 3.06. The third kappa shape index (κ3) is 6.25. The Morgan fingerprint density at radius 3 is 2.61 bits per heavy atom. The predicted octanol–water partition coefficient (Wildman–Crippen LogP) is 1.77. The molecule has 2 N–H and O–H groups in total. The van der Waals surface area contributed by atoms with Crippen LogP contribution in [0, 0.1) is 6.92 Å². The fourth-order valence-electron chi connectivity index (χ4n) is 2.86. The number of anilines is 1. The molecule has 0 fully saturated rings. The molecule has 0 aliphatic carbocycles. The van der Waals surface area contributed by atoms with Crippen LogP contribution < -0.4 is 15.0 Å². The lowest BCUT2D eigenvalue weighted by Crippen LogP contribution is -3.08. The normalized spacial score (nSPS) is 11.6. The number of likely N-dealkylation sites (N-methyl/N-ethyl adjacent to an activating group) is 2. The Kier molecular flexibility index (Phi) is 7.84. The lowest BCUT2D eigenvalue weighted by atomic mass is 10.1. The standard InChI is InChI=1S/C21H26ClN3O3/c1-15-7-5-6-8-16(15)12-24(2)14-21(27)25(3)13-20(26)23-18-11-17(22)9-10-19(18)28-4/h5-11H,12-14H2,1-4H3,(H,23,26)/p+1. The van der Waals surface area contributed by atoms with Gasteiger partial charge in [-0.1, -0.05) is 35.9 Å². The third-order valence-electron chi connectivity index (χ3n) is 4.45. The summed E-state index contributed by atoms with van der Waals surface area (Å²) in [4.78, 5) is 27.3. The Balaban J connectivity index is 1.88. The Labute approximate surface area is 171 Å². The molecule has 2 aromatic carbocycles. The lowest BCUT2D eigenvalue weighted by molar-refractivity contribution is -0.885. The highest BCUT2D eigenvalue weighted by Gasteiger charge is 2.18. The Morgan fingerprint density at radius 2 is 1.93 bits per heavy atom. The number of methoxy groups -OCH3 is 1. The number of quaternary nitrogens is 1. The van der Waals surface area contributed by atoms with Gasteiger partial charge in [-0.05, 0) is 30.7 Å². The number of halogens is 1. The summed E-state index contributed by atoms with van der Waals surface area (Å²) in [5.74, 6) is 0.0985. The van der Waals surface area contributed by atoms with Gasteiger partial charge in [-0.25, -0.2) is 0 Å². The van der Waals surface area contributed by atoms with E-state index in [1.807, 2.05) is 19.2 Å². The minimum Gasteiger partial charge on any atom is -0.495 e. The number of benzene rings is 2. The molecule has 1 unspecified atom stereocenters. The first-order valence-electron chi connectivity index (χ1n) is 9.03. The number of hydrogen-bond donors (Lipinski definition) is 2.